The molecule has 0 saturated carbocycles. The second-order valence-electron chi connectivity index (χ2n) is 1.42. The minimum Gasteiger partial charge on any atom is -0.207 e. The highest BCUT2D eigenvalue weighted by Crippen LogP contribution is 2.14. The van der Waals surface area contributed by atoms with Crippen molar-refractivity contribution in [3.63, 3.8) is 0 Å². The lowest BCUT2D eigenvalue weighted by Gasteiger charge is -2.02. The van der Waals surface area contributed by atoms with Crippen LogP contribution in [0.5, 0.6) is 0 Å². The molecule has 0 spiro atoms. The topological polar surface area (TPSA) is 0 Å². The first-order valence-electron chi connectivity index (χ1n) is 1.94. The van der Waals surface area contributed by atoms with Crippen LogP contribution in [0.2, 0.25) is 0 Å². The van der Waals surface area contributed by atoms with Crippen molar-refractivity contribution in [1.82, 2.24) is 0 Å². The van der Waals surface area contributed by atoms with Crippen LogP contribution in [0.15, 0.2) is 0 Å². The van der Waals surface area contributed by atoms with Crippen LogP contribution in [0, 0.1) is 0 Å². The first-order valence-corrected chi connectivity index (χ1v) is 1.94. The highest BCUT2D eigenvalue weighted by molar-refractivity contribution is 4.50. The molecule has 0 amide bonds. The lowest BCUT2D eigenvalue weighted by atomic mass is 10.3. The zero-order valence-electron chi connectivity index (χ0n) is 3.96. The van der Waals surface area contributed by atoms with Gasteiger partial charge in [-0.25, -0.2) is 8.78 Å². The Morgan fingerprint density at radius 2 is 1.67 bits per heavy atom. The minimum atomic E-state index is -2.46. The van der Waals surface area contributed by atoms with Gasteiger partial charge in [0.15, 0.2) is 0 Å². The predicted octanol–water partition coefficient (Wildman–Crippen LogP) is 2.05. The van der Waals surface area contributed by atoms with Crippen molar-refractivity contribution < 1.29 is 8.78 Å². The van der Waals surface area contributed by atoms with E-state index in [0.717, 1.165) is 6.92 Å². The third kappa shape index (κ3) is 3.86. The van der Waals surface area contributed by atoms with E-state index in [4.69, 9.17) is 0 Å². The van der Waals surface area contributed by atoms with Gasteiger partial charge in [0.25, 0.3) is 0 Å². The van der Waals surface area contributed by atoms with Gasteiger partial charge in [-0.15, -0.1) is 0 Å². The third-order valence-electron chi connectivity index (χ3n) is 0.621. The molecule has 0 radical (unpaired) electrons. The highest BCUT2D eigenvalue weighted by Gasteiger charge is 2.15. The second-order valence-corrected chi connectivity index (χ2v) is 1.42. The molecule has 0 atom stereocenters. The van der Waals surface area contributed by atoms with Crippen LogP contribution < -0.4 is 0 Å². The van der Waals surface area contributed by atoms with Gasteiger partial charge in [0.2, 0.25) is 5.92 Å². The zero-order valence-corrected chi connectivity index (χ0v) is 3.96. The molecule has 0 nitrogen and oxygen atoms in total. The highest BCUT2D eigenvalue weighted by atomic mass is 19.3. The van der Waals surface area contributed by atoms with Crippen molar-refractivity contribution in [2.75, 3.05) is 0 Å². The van der Waals surface area contributed by atoms with Gasteiger partial charge in [0.1, 0.15) is 0 Å². The number of halogens is 2. The third-order valence-corrected chi connectivity index (χ3v) is 0.621. The van der Waals surface area contributed by atoms with Gasteiger partial charge >= 0.3 is 0 Å². The van der Waals surface area contributed by atoms with Crippen LogP contribution >= 0.6 is 0 Å². The van der Waals surface area contributed by atoms with Crippen molar-refractivity contribution in [3.05, 3.63) is 0 Å². The largest absolute Gasteiger partial charge is 0.245 e. The van der Waals surface area contributed by atoms with Gasteiger partial charge in [-0.3, -0.25) is 0 Å². The smallest absolute Gasteiger partial charge is 0.207 e. The lowest BCUT2D eigenvalue weighted by Crippen LogP contribution is -2.05. The summed E-state index contributed by atoms with van der Waals surface area (Å²) in [5, 5.41) is 0. The summed E-state index contributed by atoms with van der Waals surface area (Å²) >= 11 is 0. The van der Waals surface area contributed by atoms with Crippen molar-refractivity contribution >= 4 is 0 Å². The zero-order chi connectivity index (χ0) is 5.21. The Morgan fingerprint density at radius 3 is 1.67 bits per heavy atom. The molecule has 0 bridgehead atoms. The first-order chi connectivity index (χ1) is 2.56. The molecule has 2 heteroatoms. The molecule has 0 aliphatic rings. The van der Waals surface area contributed by atoms with Crippen LogP contribution in [0.1, 0.15) is 20.3 Å². The Bertz CT molecular complexity index is 35.3. The number of rotatable bonds is 1. The van der Waals surface area contributed by atoms with Crippen LogP contribution in [0.3, 0.4) is 0 Å². The summed E-state index contributed by atoms with van der Waals surface area (Å²) < 4.78 is 22.9. The van der Waals surface area contributed by atoms with E-state index in [0.29, 0.717) is 0 Å². The fourth-order valence-electron chi connectivity index (χ4n) is 0. The van der Waals surface area contributed by atoms with Gasteiger partial charge in [-0.05, 0) is 6.92 Å². The molecular formula is C4H8F2. The average Bonchev–Trinajstić information content (AvgIpc) is 1.35. The second kappa shape index (κ2) is 1.54. The summed E-state index contributed by atoms with van der Waals surface area (Å²) in [5.74, 6) is -2.46. The Hall–Kier alpha value is -0.140. The summed E-state index contributed by atoms with van der Waals surface area (Å²) in [6, 6.07) is 0. The molecule has 0 aromatic rings. The molecule has 0 aromatic heterocycles. The molecule has 0 N–H and O–H groups in total. The van der Waals surface area contributed by atoms with Gasteiger partial charge in [0.05, 0.1) is 0 Å². The summed E-state index contributed by atoms with van der Waals surface area (Å²) in [6.45, 7) is 2.37. The molecule has 0 aliphatic heterocycles. The van der Waals surface area contributed by atoms with E-state index >= 15 is 0 Å². The summed E-state index contributed by atoms with van der Waals surface area (Å²) in [7, 11) is 0. The summed E-state index contributed by atoms with van der Waals surface area (Å²) in [4.78, 5) is 0. The maximum absolute atomic E-state index is 11.5. The van der Waals surface area contributed by atoms with E-state index < -0.39 is 5.92 Å². The molecule has 0 rings (SSSR count). The summed E-state index contributed by atoms with van der Waals surface area (Å²) in [6.07, 6.45) is -0.0625. The molecule has 6 heavy (non-hydrogen) atoms. The van der Waals surface area contributed by atoms with E-state index in [-0.39, 0.29) is 6.42 Å². The monoisotopic (exact) mass is 94.1 g/mol. The van der Waals surface area contributed by atoms with Gasteiger partial charge in [-0.2, -0.15) is 0 Å². The van der Waals surface area contributed by atoms with Crippen molar-refractivity contribution in [1.29, 1.82) is 0 Å². The average molecular weight is 94.1 g/mol. The molecule has 0 heterocycles. The van der Waals surface area contributed by atoms with Crippen LogP contribution in [-0.2, 0) is 0 Å². The van der Waals surface area contributed by atoms with Crippen molar-refractivity contribution in [3.8, 4) is 0 Å². The van der Waals surface area contributed by atoms with Crippen LogP contribution in [0.25, 0.3) is 0 Å². The van der Waals surface area contributed by atoms with Gasteiger partial charge in [0, 0.05) is 6.42 Å². The minimum absolute atomic E-state index is 0.0625. The van der Waals surface area contributed by atoms with E-state index in [2.05, 4.69) is 0 Å². The van der Waals surface area contributed by atoms with Crippen LogP contribution in [0.4, 0.5) is 8.78 Å². The van der Waals surface area contributed by atoms with E-state index in [1.54, 1.807) is 0 Å². The maximum Gasteiger partial charge on any atom is 0.245 e. The Kier molecular flexibility index (Phi) is 1.50. The fraction of sp³-hybridized carbons (Fsp3) is 1.00. The standard InChI is InChI=1S/C4H8F2/c1-3-4(2,5)6/h3H2,1-2H3. The van der Waals surface area contributed by atoms with Gasteiger partial charge in [-0.1, -0.05) is 6.92 Å². The quantitative estimate of drug-likeness (QED) is 0.466. The van der Waals surface area contributed by atoms with Crippen LogP contribution in [-0.4, -0.2) is 5.92 Å². The van der Waals surface area contributed by atoms with Crippen molar-refractivity contribution in [2.45, 2.75) is 26.2 Å². The maximum atomic E-state index is 11.5. The molecular weight excluding hydrogens is 86.0 g/mol. The Morgan fingerprint density at radius 1 is 1.50 bits per heavy atom. The molecule has 0 aliphatic carbocycles. The SMILES string of the molecule is CCC(C)(F)F. The van der Waals surface area contributed by atoms with E-state index in [9.17, 15) is 8.78 Å². The van der Waals surface area contributed by atoms with E-state index in [1.807, 2.05) is 0 Å². The molecule has 38 valence electrons. The van der Waals surface area contributed by atoms with Crippen molar-refractivity contribution in [2.24, 2.45) is 0 Å². The fourth-order valence-corrected chi connectivity index (χ4v) is 0. The molecule has 0 unspecified atom stereocenters. The number of hydrogen-bond acceptors (Lipinski definition) is 0. The predicted molar refractivity (Wildman–Crippen MR) is 20.9 cm³/mol. The van der Waals surface area contributed by atoms with E-state index in [1.165, 1.54) is 6.92 Å². The number of alkyl halides is 2. The molecule has 0 fully saturated rings. The van der Waals surface area contributed by atoms with Gasteiger partial charge < -0.3 is 0 Å². The Balaban J connectivity index is 3.17. The lowest BCUT2D eigenvalue weighted by molar-refractivity contribution is 0.0181. The molecule has 0 aromatic carbocycles. The summed E-state index contributed by atoms with van der Waals surface area (Å²) in [5.41, 5.74) is 0. The molecule has 0 saturated heterocycles. The number of hydrogen-bond donors (Lipinski definition) is 0. The normalized spacial score (nSPS) is 12.0. The first kappa shape index (κ1) is 5.86. The Labute approximate surface area is 36.2 Å².